The van der Waals surface area contributed by atoms with Crippen molar-refractivity contribution in [1.29, 1.82) is 0 Å². The summed E-state index contributed by atoms with van der Waals surface area (Å²) in [6.07, 6.45) is 4.32. The van der Waals surface area contributed by atoms with E-state index in [-0.39, 0.29) is 0 Å². The van der Waals surface area contributed by atoms with Crippen molar-refractivity contribution < 1.29 is 0 Å². The zero-order chi connectivity index (χ0) is 9.97. The molecule has 14 heavy (non-hydrogen) atoms. The number of H-pyrrole nitrogens is 1. The predicted molar refractivity (Wildman–Crippen MR) is 62.9 cm³/mol. The number of thiophene rings is 1. The summed E-state index contributed by atoms with van der Waals surface area (Å²) in [5.41, 5.74) is 4.07. The molecule has 2 heteroatoms. The highest BCUT2D eigenvalue weighted by Crippen LogP contribution is 2.27. The van der Waals surface area contributed by atoms with Gasteiger partial charge in [0.05, 0.1) is 10.6 Å². The number of rotatable bonds is 3. The van der Waals surface area contributed by atoms with Crippen molar-refractivity contribution in [3.05, 3.63) is 34.8 Å². The first-order chi connectivity index (χ1) is 6.83. The third-order valence-corrected chi connectivity index (χ3v) is 3.49. The maximum atomic E-state index is 3.32. The van der Waals surface area contributed by atoms with E-state index in [9.17, 15) is 0 Å². The summed E-state index contributed by atoms with van der Waals surface area (Å²) in [6.45, 7) is 4.37. The molecule has 74 valence electrons. The lowest BCUT2D eigenvalue weighted by Crippen LogP contribution is -1.71. The van der Waals surface area contributed by atoms with Gasteiger partial charge in [-0.1, -0.05) is 13.8 Å². The second-order valence-electron chi connectivity index (χ2n) is 3.45. The highest BCUT2D eigenvalue weighted by Gasteiger charge is 2.03. The summed E-state index contributed by atoms with van der Waals surface area (Å²) in [5, 5.41) is 2.24. The van der Waals surface area contributed by atoms with E-state index in [4.69, 9.17) is 0 Å². The Labute approximate surface area is 88.8 Å². The monoisotopic (exact) mass is 205 g/mol. The topological polar surface area (TPSA) is 15.8 Å². The highest BCUT2D eigenvalue weighted by atomic mass is 32.1. The molecule has 0 radical (unpaired) electrons. The molecule has 0 aliphatic heterocycles. The smallest absolute Gasteiger partial charge is 0.0558 e. The van der Waals surface area contributed by atoms with E-state index < -0.39 is 0 Å². The van der Waals surface area contributed by atoms with Crippen LogP contribution in [0.5, 0.6) is 0 Å². The molecular weight excluding hydrogens is 190 g/mol. The Morgan fingerprint density at radius 1 is 1.14 bits per heavy atom. The van der Waals surface area contributed by atoms with Crippen molar-refractivity contribution in [1.82, 2.24) is 4.98 Å². The average molecular weight is 205 g/mol. The van der Waals surface area contributed by atoms with Gasteiger partial charge in [-0.05, 0) is 41.5 Å². The molecule has 0 aliphatic rings. The van der Waals surface area contributed by atoms with Crippen LogP contribution in [-0.4, -0.2) is 4.98 Å². The average Bonchev–Trinajstić information content (AvgIpc) is 2.86. The highest BCUT2D eigenvalue weighted by molar-refractivity contribution is 7.13. The van der Waals surface area contributed by atoms with E-state index in [1.165, 1.54) is 21.7 Å². The number of nitrogens with one attached hydrogen (secondary N) is 1. The summed E-state index contributed by atoms with van der Waals surface area (Å²) in [6, 6.07) is 4.52. The van der Waals surface area contributed by atoms with Crippen LogP contribution in [0.15, 0.2) is 23.7 Å². The molecule has 0 spiro atoms. The molecule has 2 heterocycles. The third-order valence-electron chi connectivity index (χ3n) is 2.48. The Bertz CT molecular complexity index is 371. The summed E-state index contributed by atoms with van der Waals surface area (Å²) >= 11 is 1.82. The fraction of sp³-hybridized carbons (Fsp3) is 0.333. The molecule has 0 aromatic carbocycles. The molecule has 0 atom stereocenters. The molecule has 0 aliphatic carbocycles. The van der Waals surface area contributed by atoms with Gasteiger partial charge < -0.3 is 4.98 Å². The van der Waals surface area contributed by atoms with Gasteiger partial charge in [-0.2, -0.15) is 0 Å². The first-order valence-electron chi connectivity index (χ1n) is 5.08. The van der Waals surface area contributed by atoms with Crippen molar-refractivity contribution in [2.75, 3.05) is 0 Å². The van der Waals surface area contributed by atoms with Gasteiger partial charge in [0.2, 0.25) is 0 Å². The minimum Gasteiger partial charge on any atom is -0.360 e. The van der Waals surface area contributed by atoms with Crippen LogP contribution in [0, 0.1) is 0 Å². The van der Waals surface area contributed by atoms with Crippen LogP contribution in [0.25, 0.3) is 10.6 Å². The van der Waals surface area contributed by atoms with E-state index in [0.29, 0.717) is 0 Å². The fourth-order valence-electron chi connectivity index (χ4n) is 1.49. The van der Waals surface area contributed by atoms with Crippen LogP contribution < -0.4 is 0 Å². The van der Waals surface area contributed by atoms with E-state index in [0.717, 1.165) is 12.8 Å². The maximum absolute atomic E-state index is 3.32. The van der Waals surface area contributed by atoms with Gasteiger partial charge in [0.15, 0.2) is 0 Å². The van der Waals surface area contributed by atoms with Gasteiger partial charge >= 0.3 is 0 Å². The van der Waals surface area contributed by atoms with Gasteiger partial charge in [0.1, 0.15) is 0 Å². The predicted octanol–water partition coefficient (Wildman–Crippen LogP) is 3.87. The number of hydrogen-bond acceptors (Lipinski definition) is 1. The van der Waals surface area contributed by atoms with Crippen molar-refractivity contribution in [2.24, 2.45) is 0 Å². The Kier molecular flexibility index (Phi) is 2.73. The minimum atomic E-state index is 1.10. The Hall–Kier alpha value is -1.02. The molecule has 0 amide bonds. The largest absolute Gasteiger partial charge is 0.360 e. The zero-order valence-corrected chi connectivity index (χ0v) is 9.45. The molecule has 0 fully saturated rings. The van der Waals surface area contributed by atoms with Crippen LogP contribution in [0.3, 0.4) is 0 Å². The number of aryl methyl sites for hydroxylation is 2. The minimum absolute atomic E-state index is 1.10. The van der Waals surface area contributed by atoms with Crippen LogP contribution in [0.2, 0.25) is 0 Å². The summed E-state index contributed by atoms with van der Waals surface area (Å²) in [4.78, 5) is 4.67. The normalized spacial score (nSPS) is 10.7. The molecule has 0 unspecified atom stereocenters. The van der Waals surface area contributed by atoms with Gasteiger partial charge in [0, 0.05) is 6.20 Å². The molecule has 2 aromatic rings. The Morgan fingerprint density at radius 3 is 2.50 bits per heavy atom. The fourth-order valence-corrected chi connectivity index (χ4v) is 2.47. The second kappa shape index (κ2) is 4.01. The maximum Gasteiger partial charge on any atom is 0.0558 e. The molecule has 2 rings (SSSR count). The van der Waals surface area contributed by atoms with Gasteiger partial charge in [-0.25, -0.2) is 0 Å². The quantitative estimate of drug-likeness (QED) is 0.783. The molecule has 1 nitrogen and oxygen atoms in total. The van der Waals surface area contributed by atoms with Gasteiger partial charge in [-0.15, -0.1) is 11.3 Å². The lowest BCUT2D eigenvalue weighted by molar-refractivity contribution is 1.14. The molecule has 1 N–H and O–H groups in total. The zero-order valence-electron chi connectivity index (χ0n) is 8.63. The summed E-state index contributed by atoms with van der Waals surface area (Å²) in [7, 11) is 0. The third kappa shape index (κ3) is 1.75. The van der Waals surface area contributed by atoms with E-state index in [2.05, 4.69) is 42.5 Å². The van der Waals surface area contributed by atoms with E-state index in [1.54, 1.807) is 0 Å². The van der Waals surface area contributed by atoms with E-state index in [1.807, 2.05) is 11.3 Å². The molecule has 0 saturated heterocycles. The summed E-state index contributed by atoms with van der Waals surface area (Å²) in [5.74, 6) is 0. The van der Waals surface area contributed by atoms with Crippen LogP contribution >= 0.6 is 11.3 Å². The second-order valence-corrected chi connectivity index (χ2v) is 4.36. The molecule has 0 bridgehead atoms. The lowest BCUT2D eigenvalue weighted by Gasteiger charge is -1.89. The standard InChI is InChI=1S/C12H15NS/c1-3-9-5-11(13-7-9)12-6-10(4-2)8-14-12/h5-8,13H,3-4H2,1-2H3. The van der Waals surface area contributed by atoms with Crippen molar-refractivity contribution in [3.63, 3.8) is 0 Å². The Morgan fingerprint density at radius 2 is 1.93 bits per heavy atom. The SMILES string of the molecule is CCc1c[nH]c(-c2cc(CC)cs2)c1. The molecule has 2 aromatic heterocycles. The van der Waals surface area contributed by atoms with Crippen molar-refractivity contribution in [2.45, 2.75) is 26.7 Å². The van der Waals surface area contributed by atoms with Crippen molar-refractivity contribution in [3.8, 4) is 10.6 Å². The van der Waals surface area contributed by atoms with Crippen molar-refractivity contribution >= 4 is 11.3 Å². The number of aromatic amines is 1. The molecule has 0 saturated carbocycles. The van der Waals surface area contributed by atoms with Crippen LogP contribution in [0.4, 0.5) is 0 Å². The van der Waals surface area contributed by atoms with Crippen LogP contribution in [0.1, 0.15) is 25.0 Å². The van der Waals surface area contributed by atoms with Crippen LogP contribution in [-0.2, 0) is 12.8 Å². The van der Waals surface area contributed by atoms with Gasteiger partial charge in [0.25, 0.3) is 0 Å². The lowest BCUT2D eigenvalue weighted by atomic mass is 10.2. The number of aromatic nitrogens is 1. The molecular formula is C12H15NS. The Balaban J connectivity index is 2.29. The van der Waals surface area contributed by atoms with E-state index >= 15 is 0 Å². The summed E-state index contributed by atoms with van der Waals surface area (Å²) < 4.78 is 0. The van der Waals surface area contributed by atoms with Gasteiger partial charge in [-0.3, -0.25) is 0 Å². The first-order valence-corrected chi connectivity index (χ1v) is 5.96. The number of hydrogen-bond donors (Lipinski definition) is 1. The first kappa shape index (κ1) is 9.53.